The summed E-state index contributed by atoms with van der Waals surface area (Å²) in [5.74, 6) is -1.45. The average Bonchev–Trinajstić information content (AvgIpc) is 2.98. The number of carbonyl (C=O) groups is 4. The quantitative estimate of drug-likeness (QED) is 0.717. The van der Waals surface area contributed by atoms with E-state index in [1.165, 1.54) is 0 Å². The number of nitrogens with one attached hydrogen (secondary N) is 2. The molecule has 9 heteroatoms. The second-order valence-electron chi connectivity index (χ2n) is 8.29. The van der Waals surface area contributed by atoms with E-state index in [0.717, 1.165) is 24.3 Å². The average molecular weight is 433 g/mol. The van der Waals surface area contributed by atoms with Crippen LogP contribution in [0.15, 0.2) is 24.3 Å². The fourth-order valence-corrected chi connectivity index (χ4v) is 4.69. The molecule has 3 fully saturated rings. The number of likely N-dealkylation sites (tertiary alicyclic amines) is 1. The summed E-state index contributed by atoms with van der Waals surface area (Å²) < 4.78 is 0. The monoisotopic (exact) mass is 432 g/mol. The molecule has 1 aliphatic carbocycles. The van der Waals surface area contributed by atoms with Crippen LogP contribution in [0.4, 0.5) is 4.79 Å². The molecule has 5 amide bonds. The van der Waals surface area contributed by atoms with Crippen molar-refractivity contribution in [3.63, 3.8) is 0 Å². The fraction of sp³-hybridized carbons (Fsp3) is 0.524. The molecular formula is C21H25ClN4O4. The van der Waals surface area contributed by atoms with Crippen molar-refractivity contribution in [2.45, 2.75) is 50.5 Å². The molecule has 2 aliphatic heterocycles. The molecule has 160 valence electrons. The maximum Gasteiger partial charge on any atom is 0.344 e. The van der Waals surface area contributed by atoms with Crippen molar-refractivity contribution in [2.75, 3.05) is 13.1 Å². The van der Waals surface area contributed by atoms with E-state index in [-0.39, 0.29) is 18.4 Å². The number of halogens is 1. The third-order valence-electron chi connectivity index (χ3n) is 6.26. The molecule has 1 spiro atoms. The summed E-state index contributed by atoms with van der Waals surface area (Å²) in [7, 11) is 0. The molecule has 2 N–H and O–H groups in total. The summed E-state index contributed by atoms with van der Waals surface area (Å²) in [5, 5.41) is 4.15. The first-order chi connectivity index (χ1) is 14.4. The Balaban J connectivity index is 1.40. The lowest BCUT2D eigenvalue weighted by atomic mass is 9.82. The maximum atomic E-state index is 12.8. The second-order valence-corrected chi connectivity index (χ2v) is 8.72. The summed E-state index contributed by atoms with van der Waals surface area (Å²) in [6.07, 6.45) is 5.23. The van der Waals surface area contributed by atoms with Crippen LogP contribution in [0.25, 0.3) is 0 Å². The van der Waals surface area contributed by atoms with Crippen molar-refractivity contribution in [1.29, 1.82) is 0 Å². The number of carbonyl (C=O) groups excluding carboxylic acids is 4. The number of hydrogen-bond acceptors (Lipinski definition) is 4. The van der Waals surface area contributed by atoms with Crippen molar-refractivity contribution in [2.24, 2.45) is 5.92 Å². The van der Waals surface area contributed by atoms with Gasteiger partial charge < -0.3 is 10.2 Å². The van der Waals surface area contributed by atoms with E-state index in [1.807, 2.05) is 0 Å². The lowest BCUT2D eigenvalue weighted by Gasteiger charge is -2.33. The Labute approximate surface area is 179 Å². The van der Waals surface area contributed by atoms with Crippen LogP contribution in [0.2, 0.25) is 5.02 Å². The first-order valence-corrected chi connectivity index (χ1v) is 10.8. The molecule has 30 heavy (non-hydrogen) atoms. The lowest BCUT2D eigenvalue weighted by Crippen LogP contribution is -2.53. The zero-order chi connectivity index (χ0) is 21.3. The van der Waals surface area contributed by atoms with Gasteiger partial charge in [-0.25, -0.2) is 4.79 Å². The van der Waals surface area contributed by atoms with E-state index < -0.39 is 23.4 Å². The molecular weight excluding hydrogens is 408 g/mol. The van der Waals surface area contributed by atoms with E-state index in [4.69, 9.17) is 11.6 Å². The Morgan fingerprint density at radius 3 is 2.47 bits per heavy atom. The van der Waals surface area contributed by atoms with Gasteiger partial charge in [-0.2, -0.15) is 5.01 Å². The first-order valence-electron chi connectivity index (χ1n) is 10.4. The summed E-state index contributed by atoms with van der Waals surface area (Å²) in [5.41, 5.74) is 2.13. The van der Waals surface area contributed by atoms with Gasteiger partial charge in [0.2, 0.25) is 5.91 Å². The number of hydrazine groups is 1. The number of rotatable bonds is 3. The molecule has 0 aromatic heterocycles. The van der Waals surface area contributed by atoms with Crippen LogP contribution >= 0.6 is 11.6 Å². The minimum atomic E-state index is -0.883. The van der Waals surface area contributed by atoms with Gasteiger partial charge >= 0.3 is 6.03 Å². The van der Waals surface area contributed by atoms with Gasteiger partial charge in [-0.05, 0) is 49.9 Å². The van der Waals surface area contributed by atoms with Crippen molar-refractivity contribution >= 4 is 35.4 Å². The summed E-state index contributed by atoms with van der Waals surface area (Å²) in [6, 6.07) is 6.04. The van der Waals surface area contributed by atoms with E-state index in [2.05, 4.69) is 10.7 Å². The van der Waals surface area contributed by atoms with Crippen molar-refractivity contribution in [3.8, 4) is 0 Å². The molecule has 1 aromatic carbocycles. The van der Waals surface area contributed by atoms with Crippen molar-refractivity contribution in [3.05, 3.63) is 34.9 Å². The summed E-state index contributed by atoms with van der Waals surface area (Å²) >= 11 is 5.88. The predicted octanol–water partition coefficient (Wildman–Crippen LogP) is 2.48. The Bertz CT molecular complexity index is 866. The molecule has 1 unspecified atom stereocenters. The zero-order valence-corrected chi connectivity index (χ0v) is 17.4. The van der Waals surface area contributed by atoms with E-state index in [1.54, 1.807) is 29.2 Å². The summed E-state index contributed by atoms with van der Waals surface area (Å²) in [4.78, 5) is 52.4. The number of imide groups is 1. The number of amides is 5. The van der Waals surface area contributed by atoms with Crippen LogP contribution in [-0.2, 0) is 9.59 Å². The molecule has 2 saturated heterocycles. The largest absolute Gasteiger partial charge is 0.344 e. The highest BCUT2D eigenvalue weighted by Crippen LogP contribution is 2.33. The molecule has 2 heterocycles. The zero-order valence-electron chi connectivity index (χ0n) is 16.7. The molecule has 1 aromatic rings. The van der Waals surface area contributed by atoms with E-state index in [0.29, 0.717) is 42.8 Å². The number of hydrogen-bond donors (Lipinski definition) is 2. The molecule has 4 rings (SSSR count). The van der Waals surface area contributed by atoms with Crippen LogP contribution in [0.1, 0.15) is 55.3 Å². The maximum absolute atomic E-state index is 12.8. The lowest BCUT2D eigenvalue weighted by molar-refractivity contribution is -0.141. The molecule has 1 atom stereocenters. The van der Waals surface area contributed by atoms with Gasteiger partial charge in [0.1, 0.15) is 5.54 Å². The SMILES string of the molecule is O=C(NN1C(=O)NC2(CCCCC2)C1=O)C1CCCN(C(=O)c2ccc(Cl)cc2)C1. The Kier molecular flexibility index (Phi) is 5.69. The third-order valence-corrected chi connectivity index (χ3v) is 6.51. The van der Waals surface area contributed by atoms with Gasteiger partial charge in [-0.3, -0.25) is 19.8 Å². The molecule has 3 aliphatic rings. The van der Waals surface area contributed by atoms with E-state index >= 15 is 0 Å². The highest BCUT2D eigenvalue weighted by molar-refractivity contribution is 6.30. The minimum absolute atomic E-state index is 0.166. The smallest absolute Gasteiger partial charge is 0.338 e. The standard InChI is InChI=1S/C21H25ClN4O4/c22-16-8-6-14(7-9-16)18(28)25-12-4-5-15(13-25)17(27)24-26-19(29)21(23-20(26)30)10-2-1-3-11-21/h6-9,15H,1-5,10-13H2,(H,23,30)(H,24,27). The Morgan fingerprint density at radius 2 is 1.77 bits per heavy atom. The van der Waals surface area contributed by atoms with Gasteiger partial charge in [0.15, 0.2) is 0 Å². The van der Waals surface area contributed by atoms with Gasteiger partial charge in [-0.1, -0.05) is 30.9 Å². The van der Waals surface area contributed by atoms with Crippen LogP contribution in [0.3, 0.4) is 0 Å². The second kappa shape index (κ2) is 8.26. The third kappa shape index (κ3) is 3.88. The molecule has 0 radical (unpaired) electrons. The number of nitrogens with zero attached hydrogens (tertiary/aromatic N) is 2. The molecule has 1 saturated carbocycles. The fourth-order valence-electron chi connectivity index (χ4n) is 4.57. The number of urea groups is 1. The highest BCUT2D eigenvalue weighted by Gasteiger charge is 2.52. The summed E-state index contributed by atoms with van der Waals surface area (Å²) in [6.45, 7) is 0.791. The van der Waals surface area contributed by atoms with Crippen LogP contribution in [0.5, 0.6) is 0 Å². The Hall–Kier alpha value is -2.61. The van der Waals surface area contributed by atoms with E-state index in [9.17, 15) is 19.2 Å². The molecule has 0 bridgehead atoms. The van der Waals surface area contributed by atoms with Gasteiger partial charge in [-0.15, -0.1) is 0 Å². The number of benzene rings is 1. The van der Waals surface area contributed by atoms with Gasteiger partial charge in [0.25, 0.3) is 11.8 Å². The van der Waals surface area contributed by atoms with Crippen LogP contribution in [-0.4, -0.2) is 52.3 Å². The van der Waals surface area contributed by atoms with Crippen LogP contribution < -0.4 is 10.7 Å². The van der Waals surface area contributed by atoms with Gasteiger partial charge in [0.05, 0.1) is 5.92 Å². The minimum Gasteiger partial charge on any atom is -0.338 e. The normalized spacial score (nSPS) is 23.4. The molecule has 8 nitrogen and oxygen atoms in total. The Morgan fingerprint density at radius 1 is 1.07 bits per heavy atom. The topological polar surface area (TPSA) is 98.8 Å². The van der Waals surface area contributed by atoms with Crippen LogP contribution in [0, 0.1) is 5.92 Å². The van der Waals surface area contributed by atoms with Crippen molar-refractivity contribution < 1.29 is 19.2 Å². The van der Waals surface area contributed by atoms with Gasteiger partial charge in [0, 0.05) is 23.7 Å². The highest BCUT2D eigenvalue weighted by atomic mass is 35.5. The van der Waals surface area contributed by atoms with Crippen molar-refractivity contribution in [1.82, 2.24) is 20.7 Å². The number of piperidine rings is 1. The predicted molar refractivity (Wildman–Crippen MR) is 109 cm³/mol. The first kappa shape index (κ1) is 20.7.